The molecule has 0 radical (unpaired) electrons. The summed E-state index contributed by atoms with van der Waals surface area (Å²) < 4.78 is 10.7. The van der Waals surface area contributed by atoms with E-state index in [1.54, 1.807) is 6.92 Å². The van der Waals surface area contributed by atoms with Crippen molar-refractivity contribution in [2.75, 3.05) is 6.61 Å². The van der Waals surface area contributed by atoms with Crippen LogP contribution in [0.4, 0.5) is 0 Å². The molecule has 0 aliphatic heterocycles. The second kappa shape index (κ2) is 6.32. The van der Waals surface area contributed by atoms with E-state index < -0.39 is 6.10 Å². The topological polar surface area (TPSA) is 35.5 Å². The molecular formula is C12H16O3. The fraction of sp³-hybridized carbons (Fsp3) is 0.417. The fourth-order valence-electron chi connectivity index (χ4n) is 1.31. The van der Waals surface area contributed by atoms with E-state index in [0.29, 0.717) is 6.61 Å². The molecule has 1 aromatic carbocycles. The van der Waals surface area contributed by atoms with Gasteiger partial charge in [0, 0.05) is 6.61 Å². The van der Waals surface area contributed by atoms with Gasteiger partial charge in [0.15, 0.2) is 12.6 Å². The summed E-state index contributed by atoms with van der Waals surface area (Å²) in [6.07, 6.45) is -0.136. The standard InChI is InChI=1S/C12H16O3/c1-3-14-10(2)15-12(9-13)11-7-5-4-6-8-11/h4-10,12H,3H2,1-2H3/t10?,12-/m0/s1. The Hall–Kier alpha value is -1.19. The molecule has 0 fully saturated rings. The zero-order chi connectivity index (χ0) is 11.1. The Kier molecular flexibility index (Phi) is 5.01. The second-order valence-electron chi connectivity index (χ2n) is 3.13. The number of hydrogen-bond acceptors (Lipinski definition) is 3. The molecule has 1 unspecified atom stereocenters. The summed E-state index contributed by atoms with van der Waals surface area (Å²) in [4.78, 5) is 10.9. The highest BCUT2D eigenvalue weighted by Gasteiger charge is 2.13. The van der Waals surface area contributed by atoms with Crippen LogP contribution in [-0.2, 0) is 14.3 Å². The molecular weight excluding hydrogens is 192 g/mol. The molecule has 1 aromatic rings. The van der Waals surface area contributed by atoms with Crippen LogP contribution in [0.3, 0.4) is 0 Å². The number of benzene rings is 1. The van der Waals surface area contributed by atoms with Gasteiger partial charge in [-0.2, -0.15) is 0 Å². The molecule has 2 atom stereocenters. The number of hydrogen-bond donors (Lipinski definition) is 0. The fourth-order valence-corrected chi connectivity index (χ4v) is 1.31. The molecule has 0 bridgehead atoms. The minimum Gasteiger partial charge on any atom is -0.353 e. The lowest BCUT2D eigenvalue weighted by molar-refractivity contribution is -0.163. The van der Waals surface area contributed by atoms with E-state index in [2.05, 4.69) is 0 Å². The lowest BCUT2D eigenvalue weighted by atomic mass is 10.1. The van der Waals surface area contributed by atoms with Gasteiger partial charge in [0.2, 0.25) is 0 Å². The second-order valence-corrected chi connectivity index (χ2v) is 3.13. The average Bonchev–Trinajstić information content (AvgIpc) is 2.27. The molecule has 0 saturated heterocycles. The van der Waals surface area contributed by atoms with Crippen LogP contribution in [0, 0.1) is 0 Å². The lowest BCUT2D eigenvalue weighted by Crippen LogP contribution is -2.17. The number of rotatable bonds is 6. The average molecular weight is 208 g/mol. The third-order valence-electron chi connectivity index (χ3n) is 1.99. The van der Waals surface area contributed by atoms with Gasteiger partial charge in [-0.3, -0.25) is 0 Å². The Labute approximate surface area is 90.0 Å². The normalized spacial score (nSPS) is 14.5. The number of ether oxygens (including phenoxy) is 2. The van der Waals surface area contributed by atoms with Gasteiger partial charge in [-0.05, 0) is 19.4 Å². The minimum atomic E-state index is -0.548. The van der Waals surface area contributed by atoms with Crippen molar-refractivity contribution in [3.05, 3.63) is 35.9 Å². The van der Waals surface area contributed by atoms with Crippen molar-refractivity contribution in [3.63, 3.8) is 0 Å². The Morgan fingerprint density at radius 3 is 2.53 bits per heavy atom. The Bertz CT molecular complexity index is 284. The number of aldehydes is 1. The highest BCUT2D eigenvalue weighted by molar-refractivity contribution is 5.59. The monoisotopic (exact) mass is 208 g/mol. The molecule has 15 heavy (non-hydrogen) atoms. The van der Waals surface area contributed by atoms with Crippen LogP contribution < -0.4 is 0 Å². The predicted molar refractivity (Wildman–Crippen MR) is 57.4 cm³/mol. The zero-order valence-electron chi connectivity index (χ0n) is 9.05. The summed E-state index contributed by atoms with van der Waals surface area (Å²) in [6, 6.07) is 9.37. The molecule has 0 heterocycles. The van der Waals surface area contributed by atoms with Gasteiger partial charge in [0.1, 0.15) is 6.10 Å². The molecule has 0 aromatic heterocycles. The molecule has 3 nitrogen and oxygen atoms in total. The molecule has 0 spiro atoms. The van der Waals surface area contributed by atoms with Gasteiger partial charge in [-0.1, -0.05) is 30.3 Å². The van der Waals surface area contributed by atoms with Crippen LogP contribution in [0.25, 0.3) is 0 Å². The summed E-state index contributed by atoms with van der Waals surface area (Å²) in [7, 11) is 0. The Balaban J connectivity index is 2.60. The van der Waals surface area contributed by atoms with Crippen molar-refractivity contribution in [2.45, 2.75) is 26.2 Å². The first-order valence-electron chi connectivity index (χ1n) is 5.05. The molecule has 0 saturated carbocycles. The first-order chi connectivity index (χ1) is 7.27. The van der Waals surface area contributed by atoms with Crippen molar-refractivity contribution in [1.29, 1.82) is 0 Å². The molecule has 3 heteroatoms. The van der Waals surface area contributed by atoms with Gasteiger partial charge < -0.3 is 14.3 Å². The van der Waals surface area contributed by atoms with E-state index >= 15 is 0 Å². The van der Waals surface area contributed by atoms with Gasteiger partial charge in [-0.25, -0.2) is 0 Å². The number of carbonyl (C=O) groups excluding carboxylic acids is 1. The zero-order valence-corrected chi connectivity index (χ0v) is 9.05. The summed E-state index contributed by atoms with van der Waals surface area (Å²) in [5.41, 5.74) is 0.846. The number of carbonyl (C=O) groups is 1. The molecule has 0 aliphatic carbocycles. The summed E-state index contributed by atoms with van der Waals surface area (Å²) in [6.45, 7) is 4.24. The van der Waals surface area contributed by atoms with E-state index in [9.17, 15) is 4.79 Å². The minimum absolute atomic E-state index is 0.370. The van der Waals surface area contributed by atoms with Gasteiger partial charge in [0.05, 0.1) is 0 Å². The first kappa shape index (κ1) is 11.9. The maximum absolute atomic E-state index is 10.9. The first-order valence-corrected chi connectivity index (χ1v) is 5.05. The summed E-state index contributed by atoms with van der Waals surface area (Å²) in [5.74, 6) is 0. The van der Waals surface area contributed by atoms with E-state index in [1.165, 1.54) is 0 Å². The third kappa shape index (κ3) is 3.81. The summed E-state index contributed by atoms with van der Waals surface area (Å²) in [5, 5.41) is 0. The maximum Gasteiger partial charge on any atom is 0.156 e. The van der Waals surface area contributed by atoms with E-state index in [4.69, 9.17) is 9.47 Å². The van der Waals surface area contributed by atoms with Crippen molar-refractivity contribution < 1.29 is 14.3 Å². The molecule has 82 valence electrons. The molecule has 0 aliphatic rings. The van der Waals surface area contributed by atoms with E-state index in [-0.39, 0.29) is 6.29 Å². The van der Waals surface area contributed by atoms with E-state index in [1.807, 2.05) is 37.3 Å². The van der Waals surface area contributed by atoms with Crippen LogP contribution >= 0.6 is 0 Å². The highest BCUT2D eigenvalue weighted by atomic mass is 16.7. The van der Waals surface area contributed by atoms with Gasteiger partial charge in [0.25, 0.3) is 0 Å². The Morgan fingerprint density at radius 2 is 2.00 bits per heavy atom. The van der Waals surface area contributed by atoms with Crippen LogP contribution in [0.1, 0.15) is 25.5 Å². The van der Waals surface area contributed by atoms with Crippen LogP contribution in [0.2, 0.25) is 0 Å². The van der Waals surface area contributed by atoms with Crippen molar-refractivity contribution in [2.24, 2.45) is 0 Å². The lowest BCUT2D eigenvalue weighted by Gasteiger charge is -2.18. The summed E-state index contributed by atoms with van der Waals surface area (Å²) >= 11 is 0. The van der Waals surface area contributed by atoms with Gasteiger partial charge >= 0.3 is 0 Å². The van der Waals surface area contributed by atoms with Crippen LogP contribution in [0.5, 0.6) is 0 Å². The highest BCUT2D eigenvalue weighted by Crippen LogP contribution is 2.16. The van der Waals surface area contributed by atoms with Crippen molar-refractivity contribution >= 4 is 6.29 Å². The van der Waals surface area contributed by atoms with E-state index in [0.717, 1.165) is 11.8 Å². The third-order valence-corrected chi connectivity index (χ3v) is 1.99. The maximum atomic E-state index is 10.9. The van der Waals surface area contributed by atoms with Gasteiger partial charge in [-0.15, -0.1) is 0 Å². The Morgan fingerprint density at radius 1 is 1.33 bits per heavy atom. The smallest absolute Gasteiger partial charge is 0.156 e. The van der Waals surface area contributed by atoms with Crippen molar-refractivity contribution in [3.8, 4) is 0 Å². The molecule has 0 amide bonds. The van der Waals surface area contributed by atoms with Crippen molar-refractivity contribution in [1.82, 2.24) is 0 Å². The molecule has 1 rings (SSSR count). The predicted octanol–water partition coefficient (Wildman–Crippen LogP) is 2.33. The SMILES string of the molecule is CCOC(C)O[C@@H](C=O)c1ccccc1. The van der Waals surface area contributed by atoms with Crippen LogP contribution in [-0.4, -0.2) is 19.2 Å². The quantitative estimate of drug-likeness (QED) is 0.531. The molecule has 0 N–H and O–H groups in total. The largest absolute Gasteiger partial charge is 0.353 e. The van der Waals surface area contributed by atoms with Crippen LogP contribution in [0.15, 0.2) is 30.3 Å².